The van der Waals surface area contributed by atoms with E-state index in [1.807, 2.05) is 13.8 Å². The smallest absolute Gasteiger partial charge is 0.160 e. The third-order valence-electron chi connectivity index (χ3n) is 9.37. The summed E-state index contributed by atoms with van der Waals surface area (Å²) in [5, 5.41) is 10.5. The van der Waals surface area contributed by atoms with E-state index in [1.54, 1.807) is 0 Å². The van der Waals surface area contributed by atoms with Gasteiger partial charge in [0.2, 0.25) is 0 Å². The third-order valence-corrected chi connectivity index (χ3v) is 9.37. The van der Waals surface area contributed by atoms with Crippen LogP contribution in [0, 0.1) is 40.4 Å². The van der Waals surface area contributed by atoms with Crippen LogP contribution < -0.4 is 0 Å². The monoisotopic (exact) mass is 360 g/mol. The number of hydrogen-bond donors (Lipinski definition) is 1. The van der Waals surface area contributed by atoms with Crippen LogP contribution in [0.4, 0.5) is 0 Å². The highest BCUT2D eigenvalue weighted by molar-refractivity contribution is 5.13. The molecule has 4 fully saturated rings. The van der Waals surface area contributed by atoms with Crippen LogP contribution in [0.3, 0.4) is 0 Å². The van der Waals surface area contributed by atoms with E-state index >= 15 is 0 Å². The Balaban J connectivity index is 1.71. The maximum absolute atomic E-state index is 10.5. The lowest BCUT2D eigenvalue weighted by Crippen LogP contribution is -2.59. The Hall–Kier alpha value is -0.340. The van der Waals surface area contributed by atoms with E-state index in [4.69, 9.17) is 4.74 Å². The molecule has 26 heavy (non-hydrogen) atoms. The summed E-state index contributed by atoms with van der Waals surface area (Å²) >= 11 is 0. The molecule has 4 aliphatic rings. The fraction of sp³-hybridized carbons (Fsp3) is 0.917. The third kappa shape index (κ3) is 2.82. The molecule has 148 valence electrons. The number of aliphatic hydroxyl groups is 1. The van der Waals surface area contributed by atoms with Crippen LogP contribution in [0.25, 0.3) is 0 Å². The summed E-state index contributed by atoms with van der Waals surface area (Å²) < 4.78 is 6.39. The van der Waals surface area contributed by atoms with Gasteiger partial charge in [0.1, 0.15) is 0 Å². The molecule has 4 aliphatic carbocycles. The van der Waals surface area contributed by atoms with Crippen LogP contribution in [0.1, 0.15) is 85.5 Å². The Morgan fingerprint density at radius 2 is 1.73 bits per heavy atom. The van der Waals surface area contributed by atoms with Crippen LogP contribution in [0.5, 0.6) is 0 Å². The second-order valence-corrected chi connectivity index (χ2v) is 11.0. The van der Waals surface area contributed by atoms with Gasteiger partial charge in [0, 0.05) is 0 Å². The zero-order chi connectivity index (χ0) is 18.7. The molecule has 0 bridgehead atoms. The zero-order valence-electron chi connectivity index (χ0n) is 17.5. The predicted octanol–water partition coefficient (Wildman–Crippen LogP) is 5.94. The second kappa shape index (κ2) is 6.34. The first-order valence-corrected chi connectivity index (χ1v) is 11.2. The topological polar surface area (TPSA) is 29.5 Å². The zero-order valence-corrected chi connectivity index (χ0v) is 17.5. The molecule has 0 saturated heterocycles. The Kier molecular flexibility index (Phi) is 4.63. The van der Waals surface area contributed by atoms with Crippen molar-refractivity contribution in [1.29, 1.82) is 0 Å². The minimum atomic E-state index is -1.03. The molecule has 8 unspecified atom stereocenters. The van der Waals surface area contributed by atoms with Gasteiger partial charge in [-0.2, -0.15) is 0 Å². The molecule has 0 aromatic heterocycles. The lowest BCUT2D eigenvalue weighted by Gasteiger charge is -2.62. The quantitative estimate of drug-likeness (QED) is 0.498. The molecule has 0 radical (unpaired) electrons. The average Bonchev–Trinajstić information content (AvgIpc) is 2.90. The van der Waals surface area contributed by atoms with Crippen molar-refractivity contribution in [2.75, 3.05) is 0 Å². The van der Waals surface area contributed by atoms with Gasteiger partial charge in [-0.25, -0.2) is 0 Å². The molecule has 0 aliphatic heterocycles. The average molecular weight is 361 g/mol. The number of rotatable bonds is 3. The van der Waals surface area contributed by atoms with Gasteiger partial charge >= 0.3 is 0 Å². The highest BCUT2D eigenvalue weighted by Gasteiger charge is 2.62. The number of fused-ring (bicyclic) bond motifs is 5. The molecule has 0 aromatic carbocycles. The van der Waals surface area contributed by atoms with Crippen molar-refractivity contribution in [3.63, 3.8) is 0 Å². The molecule has 0 aromatic rings. The first kappa shape index (κ1) is 19.0. The molecule has 1 N–H and O–H groups in total. The molecule has 0 heterocycles. The highest BCUT2D eigenvalue weighted by atomic mass is 16.6. The van der Waals surface area contributed by atoms with Crippen LogP contribution >= 0.6 is 0 Å². The first-order chi connectivity index (χ1) is 12.2. The molecular formula is C24H40O2. The van der Waals surface area contributed by atoms with Gasteiger partial charge in [0.05, 0.1) is 6.10 Å². The van der Waals surface area contributed by atoms with E-state index in [0.29, 0.717) is 22.7 Å². The molecule has 0 spiro atoms. The summed E-state index contributed by atoms with van der Waals surface area (Å²) in [5.41, 5.74) is 0.887. The molecule has 8 atom stereocenters. The Morgan fingerprint density at radius 1 is 1.00 bits per heavy atom. The Morgan fingerprint density at radius 3 is 2.42 bits per heavy atom. The van der Waals surface area contributed by atoms with Crippen molar-refractivity contribution < 1.29 is 9.84 Å². The summed E-state index contributed by atoms with van der Waals surface area (Å²) in [4.78, 5) is 0. The van der Waals surface area contributed by atoms with Gasteiger partial charge in [-0.05, 0) is 99.2 Å². The molecule has 4 rings (SSSR count). The lowest BCUT2D eigenvalue weighted by atomic mass is 9.44. The Labute approximate surface area is 160 Å². The van der Waals surface area contributed by atoms with Gasteiger partial charge in [0.25, 0.3) is 0 Å². The van der Waals surface area contributed by atoms with Crippen molar-refractivity contribution in [2.24, 2.45) is 40.4 Å². The van der Waals surface area contributed by atoms with E-state index in [0.717, 1.165) is 24.2 Å². The number of allylic oxidation sites excluding steroid dienone is 1. The van der Waals surface area contributed by atoms with Gasteiger partial charge in [-0.3, -0.25) is 0 Å². The summed E-state index contributed by atoms with van der Waals surface area (Å²) in [6.45, 7) is 12.9. The van der Waals surface area contributed by atoms with Crippen LogP contribution in [0.15, 0.2) is 12.7 Å². The summed E-state index contributed by atoms with van der Waals surface area (Å²) in [7, 11) is 0. The molecule has 0 amide bonds. The van der Waals surface area contributed by atoms with E-state index in [-0.39, 0.29) is 6.10 Å². The summed E-state index contributed by atoms with van der Waals surface area (Å²) in [6.07, 6.45) is 14.5. The van der Waals surface area contributed by atoms with Crippen LogP contribution in [-0.2, 0) is 4.74 Å². The van der Waals surface area contributed by atoms with E-state index < -0.39 is 5.79 Å². The number of hydrogen-bond acceptors (Lipinski definition) is 2. The standard InChI is InChI=1S/C24H40O2/c1-6-16-10-11-18-21-19(12-14-24(16,18)5)23(4)13-8-7-9-17(23)15-20(21)26-22(2,3)25/h6,16-21,25H,1,7-15H2,2-5H3. The fourth-order valence-corrected chi connectivity index (χ4v) is 8.15. The molecule has 2 heteroatoms. The van der Waals surface area contributed by atoms with Crippen molar-refractivity contribution in [1.82, 2.24) is 0 Å². The van der Waals surface area contributed by atoms with E-state index in [1.165, 1.54) is 51.4 Å². The highest BCUT2D eigenvalue weighted by Crippen LogP contribution is 2.68. The van der Waals surface area contributed by atoms with Crippen molar-refractivity contribution in [2.45, 2.75) is 97.4 Å². The normalized spacial score (nSPS) is 51.3. The SMILES string of the molecule is C=CC1CCC2C3C(OC(C)(C)O)CC4CCCCC4(C)C3CCC12C. The first-order valence-electron chi connectivity index (χ1n) is 11.2. The molecule has 4 saturated carbocycles. The van der Waals surface area contributed by atoms with Crippen LogP contribution in [0.2, 0.25) is 0 Å². The lowest BCUT2D eigenvalue weighted by molar-refractivity contribution is -0.263. The minimum absolute atomic E-state index is 0.226. The van der Waals surface area contributed by atoms with Crippen LogP contribution in [-0.4, -0.2) is 17.0 Å². The summed E-state index contributed by atoms with van der Waals surface area (Å²) in [5.74, 6) is 2.54. The van der Waals surface area contributed by atoms with Gasteiger partial charge in [0.15, 0.2) is 5.79 Å². The maximum Gasteiger partial charge on any atom is 0.160 e. The Bertz CT molecular complexity index is 549. The molecular weight excluding hydrogens is 320 g/mol. The van der Waals surface area contributed by atoms with E-state index in [2.05, 4.69) is 26.5 Å². The van der Waals surface area contributed by atoms with Gasteiger partial charge in [-0.15, -0.1) is 6.58 Å². The van der Waals surface area contributed by atoms with Crippen molar-refractivity contribution >= 4 is 0 Å². The largest absolute Gasteiger partial charge is 0.366 e. The van der Waals surface area contributed by atoms with Gasteiger partial charge < -0.3 is 9.84 Å². The molecule has 2 nitrogen and oxygen atoms in total. The van der Waals surface area contributed by atoms with Gasteiger partial charge in [-0.1, -0.05) is 32.8 Å². The predicted molar refractivity (Wildman–Crippen MR) is 107 cm³/mol. The number of ether oxygens (including phenoxy) is 1. The fourth-order valence-electron chi connectivity index (χ4n) is 8.15. The second-order valence-electron chi connectivity index (χ2n) is 11.0. The minimum Gasteiger partial charge on any atom is -0.366 e. The van der Waals surface area contributed by atoms with Crippen molar-refractivity contribution in [3.05, 3.63) is 12.7 Å². The summed E-state index contributed by atoms with van der Waals surface area (Å²) in [6, 6.07) is 0. The van der Waals surface area contributed by atoms with Crippen molar-refractivity contribution in [3.8, 4) is 0 Å². The maximum atomic E-state index is 10.5. The van der Waals surface area contributed by atoms with E-state index in [9.17, 15) is 5.11 Å².